The maximum absolute atomic E-state index is 12.4. The first-order valence-corrected chi connectivity index (χ1v) is 12.1. The quantitative estimate of drug-likeness (QED) is 0.231. The number of hydrogen-bond acceptors (Lipinski definition) is 4. The standard InChI is InChI=1S/C30H32O4/c1-3-4-5-10-25(31)19-26(32)13-11-23-18-29(34-2)30(33)28-17-24-16-21-9-7-6-8-20(21)15-22(24)12-14-27(23)28/h6-9,11,13,15-16,18,33H,3-5,10,12,14,17,19H2,1-2H3. The number of aromatic hydroxyl groups is 1. The normalized spacial score (nSPS) is 12.9. The van der Waals surface area contributed by atoms with E-state index in [1.54, 1.807) is 12.1 Å². The van der Waals surface area contributed by atoms with Crippen LogP contribution in [0.5, 0.6) is 11.5 Å². The number of unbranched alkanes of at least 4 members (excludes halogenated alkanes) is 2. The minimum Gasteiger partial charge on any atom is -0.504 e. The number of Topliss-reactive ketones (excluding diaryl/α,β-unsaturated/α-hetero) is 1. The first-order valence-electron chi connectivity index (χ1n) is 12.1. The van der Waals surface area contributed by atoms with E-state index < -0.39 is 0 Å². The molecule has 34 heavy (non-hydrogen) atoms. The van der Waals surface area contributed by atoms with E-state index >= 15 is 0 Å². The summed E-state index contributed by atoms with van der Waals surface area (Å²) >= 11 is 0. The second-order valence-electron chi connectivity index (χ2n) is 9.09. The van der Waals surface area contributed by atoms with E-state index in [-0.39, 0.29) is 23.7 Å². The van der Waals surface area contributed by atoms with Crippen LogP contribution in [0.2, 0.25) is 0 Å². The van der Waals surface area contributed by atoms with Crippen molar-refractivity contribution in [3.8, 4) is 11.5 Å². The zero-order valence-electron chi connectivity index (χ0n) is 20.0. The molecule has 0 aliphatic heterocycles. The molecule has 0 saturated carbocycles. The highest BCUT2D eigenvalue weighted by atomic mass is 16.5. The number of methoxy groups -OCH3 is 1. The van der Waals surface area contributed by atoms with E-state index in [1.165, 1.54) is 35.1 Å². The lowest BCUT2D eigenvalue weighted by atomic mass is 9.93. The third kappa shape index (κ3) is 5.22. The lowest BCUT2D eigenvalue weighted by Gasteiger charge is -2.15. The van der Waals surface area contributed by atoms with Crippen molar-refractivity contribution >= 4 is 28.4 Å². The fourth-order valence-corrected chi connectivity index (χ4v) is 4.83. The largest absolute Gasteiger partial charge is 0.504 e. The van der Waals surface area contributed by atoms with Gasteiger partial charge in [0, 0.05) is 18.4 Å². The number of phenolic OH excluding ortho intramolecular Hbond substituents is 1. The first-order chi connectivity index (χ1) is 16.5. The molecule has 0 spiro atoms. The van der Waals surface area contributed by atoms with E-state index in [0.717, 1.165) is 48.8 Å². The average Bonchev–Trinajstić information content (AvgIpc) is 3.02. The molecule has 4 heteroatoms. The molecule has 3 aromatic rings. The summed E-state index contributed by atoms with van der Waals surface area (Å²) in [7, 11) is 1.53. The molecule has 0 amide bonds. The molecule has 3 aromatic carbocycles. The highest BCUT2D eigenvalue weighted by molar-refractivity contribution is 6.06. The number of fused-ring (bicyclic) bond motifs is 3. The van der Waals surface area contributed by atoms with Crippen LogP contribution in [0.1, 0.15) is 66.8 Å². The Kier molecular flexibility index (Phi) is 7.46. The third-order valence-corrected chi connectivity index (χ3v) is 6.70. The number of ketones is 2. The number of aryl methyl sites for hydroxylation is 1. The molecule has 4 rings (SSSR count). The van der Waals surface area contributed by atoms with Gasteiger partial charge in [-0.3, -0.25) is 9.59 Å². The summed E-state index contributed by atoms with van der Waals surface area (Å²) in [4.78, 5) is 24.5. The van der Waals surface area contributed by atoms with Gasteiger partial charge in [-0.2, -0.15) is 0 Å². The lowest BCUT2D eigenvalue weighted by molar-refractivity contribution is -0.124. The summed E-state index contributed by atoms with van der Waals surface area (Å²) in [5, 5.41) is 13.4. The molecule has 0 heterocycles. The van der Waals surface area contributed by atoms with Crippen molar-refractivity contribution in [1.29, 1.82) is 0 Å². The highest BCUT2D eigenvalue weighted by Crippen LogP contribution is 2.40. The number of carbonyl (C=O) groups excluding carboxylic acids is 2. The molecule has 0 fully saturated rings. The molecule has 0 bridgehead atoms. The van der Waals surface area contributed by atoms with E-state index in [1.807, 2.05) is 12.1 Å². The van der Waals surface area contributed by atoms with E-state index in [0.29, 0.717) is 18.6 Å². The second kappa shape index (κ2) is 10.7. The van der Waals surface area contributed by atoms with Crippen LogP contribution in [0.15, 0.2) is 48.5 Å². The zero-order chi connectivity index (χ0) is 24.1. The van der Waals surface area contributed by atoms with Crippen LogP contribution in [-0.4, -0.2) is 23.8 Å². The summed E-state index contributed by atoms with van der Waals surface area (Å²) < 4.78 is 5.45. The number of phenols is 1. The van der Waals surface area contributed by atoms with Gasteiger partial charge in [-0.1, -0.05) is 62.2 Å². The van der Waals surface area contributed by atoms with Crippen LogP contribution in [0.4, 0.5) is 0 Å². The van der Waals surface area contributed by atoms with Gasteiger partial charge in [0.05, 0.1) is 13.5 Å². The Morgan fingerprint density at radius 1 is 1.00 bits per heavy atom. The summed E-state index contributed by atoms with van der Waals surface area (Å²) in [5.74, 6) is 0.358. The van der Waals surface area contributed by atoms with Crippen molar-refractivity contribution in [3.63, 3.8) is 0 Å². The van der Waals surface area contributed by atoms with Crippen LogP contribution in [0, 0.1) is 0 Å². The van der Waals surface area contributed by atoms with Crippen molar-refractivity contribution in [2.75, 3.05) is 7.11 Å². The van der Waals surface area contributed by atoms with Crippen LogP contribution >= 0.6 is 0 Å². The Morgan fingerprint density at radius 3 is 2.44 bits per heavy atom. The van der Waals surface area contributed by atoms with Gasteiger partial charge in [0.2, 0.25) is 0 Å². The van der Waals surface area contributed by atoms with Crippen molar-refractivity contribution < 1.29 is 19.4 Å². The number of benzene rings is 3. The topological polar surface area (TPSA) is 63.6 Å². The van der Waals surface area contributed by atoms with Gasteiger partial charge in [-0.05, 0) is 64.4 Å². The van der Waals surface area contributed by atoms with Crippen molar-refractivity contribution in [3.05, 3.63) is 76.4 Å². The Bertz CT molecular complexity index is 1250. The van der Waals surface area contributed by atoms with Crippen LogP contribution in [0.25, 0.3) is 16.8 Å². The number of hydrogen-bond donors (Lipinski definition) is 1. The molecular formula is C30H32O4. The molecule has 0 saturated heterocycles. The van der Waals surface area contributed by atoms with Gasteiger partial charge >= 0.3 is 0 Å². The molecule has 176 valence electrons. The average molecular weight is 457 g/mol. The summed E-state index contributed by atoms with van der Waals surface area (Å²) in [6.07, 6.45) is 8.77. The van der Waals surface area contributed by atoms with Gasteiger partial charge in [0.1, 0.15) is 5.78 Å². The molecule has 1 aliphatic rings. The first kappa shape index (κ1) is 23.7. The fourth-order valence-electron chi connectivity index (χ4n) is 4.83. The Labute approximate surface area is 201 Å². The fraction of sp³-hybridized carbons (Fsp3) is 0.333. The number of ether oxygens (including phenoxy) is 1. The molecule has 0 unspecified atom stereocenters. The number of allylic oxidation sites excluding steroid dienone is 1. The maximum Gasteiger partial charge on any atom is 0.163 e. The maximum atomic E-state index is 12.4. The minimum atomic E-state index is -0.189. The number of carbonyl (C=O) groups is 2. The predicted molar refractivity (Wildman–Crippen MR) is 137 cm³/mol. The number of rotatable bonds is 9. The predicted octanol–water partition coefficient (Wildman–Crippen LogP) is 6.37. The molecule has 0 aromatic heterocycles. The zero-order valence-corrected chi connectivity index (χ0v) is 20.0. The summed E-state index contributed by atoms with van der Waals surface area (Å²) in [6.45, 7) is 2.09. The Hall–Kier alpha value is -3.40. The van der Waals surface area contributed by atoms with Crippen LogP contribution in [0.3, 0.4) is 0 Å². The lowest BCUT2D eigenvalue weighted by Crippen LogP contribution is -2.05. The molecular weight excluding hydrogens is 424 g/mol. The van der Waals surface area contributed by atoms with Gasteiger partial charge < -0.3 is 9.84 Å². The van der Waals surface area contributed by atoms with Crippen molar-refractivity contribution in [2.45, 2.75) is 58.3 Å². The molecule has 0 atom stereocenters. The SMILES string of the molecule is CCCCCC(=O)CC(=O)C=Cc1cc(OC)c(O)c2c1CCc1cc3ccccc3cc1C2. The van der Waals surface area contributed by atoms with E-state index in [4.69, 9.17) is 4.74 Å². The van der Waals surface area contributed by atoms with Gasteiger partial charge in [0.15, 0.2) is 17.3 Å². The Balaban J connectivity index is 1.63. The van der Waals surface area contributed by atoms with Crippen LogP contribution in [-0.2, 0) is 28.9 Å². The smallest absolute Gasteiger partial charge is 0.163 e. The Morgan fingerprint density at radius 2 is 1.74 bits per heavy atom. The molecule has 1 aliphatic carbocycles. The van der Waals surface area contributed by atoms with Crippen molar-refractivity contribution in [2.24, 2.45) is 0 Å². The summed E-state index contributed by atoms with van der Waals surface area (Å²) in [5.41, 5.74) is 5.20. The van der Waals surface area contributed by atoms with Gasteiger partial charge in [-0.15, -0.1) is 0 Å². The van der Waals surface area contributed by atoms with Crippen LogP contribution < -0.4 is 4.74 Å². The van der Waals surface area contributed by atoms with Gasteiger partial charge in [-0.25, -0.2) is 0 Å². The molecule has 4 nitrogen and oxygen atoms in total. The monoisotopic (exact) mass is 456 g/mol. The molecule has 0 radical (unpaired) electrons. The van der Waals surface area contributed by atoms with Gasteiger partial charge in [0.25, 0.3) is 0 Å². The molecule has 1 N–H and O–H groups in total. The minimum absolute atomic E-state index is 0.00673. The third-order valence-electron chi connectivity index (χ3n) is 6.70. The van der Waals surface area contributed by atoms with E-state index in [9.17, 15) is 14.7 Å². The second-order valence-corrected chi connectivity index (χ2v) is 9.09. The van der Waals surface area contributed by atoms with E-state index in [2.05, 4.69) is 31.2 Å². The summed E-state index contributed by atoms with van der Waals surface area (Å²) in [6, 6.07) is 14.6. The highest BCUT2D eigenvalue weighted by Gasteiger charge is 2.22. The van der Waals surface area contributed by atoms with Crippen molar-refractivity contribution in [1.82, 2.24) is 0 Å².